The van der Waals surface area contributed by atoms with Crippen molar-refractivity contribution in [2.45, 2.75) is 58.2 Å². The van der Waals surface area contributed by atoms with Crippen molar-refractivity contribution in [1.29, 1.82) is 0 Å². The molecule has 3 nitrogen and oxygen atoms in total. The van der Waals surface area contributed by atoms with Crippen molar-refractivity contribution in [3.63, 3.8) is 0 Å². The quantitative estimate of drug-likeness (QED) is 0.815. The van der Waals surface area contributed by atoms with Gasteiger partial charge in [-0.3, -0.25) is 9.69 Å². The molecule has 0 bridgehead atoms. The first-order chi connectivity index (χ1) is 9.28. The lowest BCUT2D eigenvalue weighted by Gasteiger charge is -2.41. The molecule has 0 amide bonds. The van der Waals surface area contributed by atoms with Crippen molar-refractivity contribution in [1.82, 2.24) is 4.90 Å². The SMILES string of the molecule is CCCC1CCC(C(=O)O)C(N(CC)CC(F)(F)F)C1. The molecule has 0 aromatic carbocycles. The van der Waals surface area contributed by atoms with Gasteiger partial charge in [-0.1, -0.05) is 26.7 Å². The first-order valence-corrected chi connectivity index (χ1v) is 7.32. The van der Waals surface area contributed by atoms with Crippen molar-refractivity contribution in [3.05, 3.63) is 0 Å². The lowest BCUT2D eigenvalue weighted by Crippen LogP contribution is -2.50. The van der Waals surface area contributed by atoms with Gasteiger partial charge in [-0.25, -0.2) is 0 Å². The van der Waals surface area contributed by atoms with Gasteiger partial charge < -0.3 is 5.11 Å². The van der Waals surface area contributed by atoms with Crippen LogP contribution in [0.3, 0.4) is 0 Å². The number of carbonyl (C=O) groups is 1. The summed E-state index contributed by atoms with van der Waals surface area (Å²) in [5, 5.41) is 9.26. The number of aliphatic carboxylic acids is 1. The number of nitrogens with zero attached hydrogens (tertiary/aromatic N) is 1. The predicted octanol–water partition coefficient (Wildman–Crippen LogP) is 3.54. The number of rotatable bonds is 6. The summed E-state index contributed by atoms with van der Waals surface area (Å²) in [5.74, 6) is -1.29. The molecule has 3 unspecified atom stereocenters. The highest BCUT2D eigenvalue weighted by atomic mass is 19.4. The number of carboxylic acid groups (broad SMARTS) is 1. The van der Waals surface area contributed by atoms with Crippen LogP contribution >= 0.6 is 0 Å². The van der Waals surface area contributed by atoms with E-state index in [4.69, 9.17) is 0 Å². The van der Waals surface area contributed by atoms with E-state index in [1.807, 2.05) is 6.92 Å². The largest absolute Gasteiger partial charge is 0.481 e. The summed E-state index contributed by atoms with van der Waals surface area (Å²) in [6, 6.07) is -0.496. The fourth-order valence-electron chi connectivity index (χ4n) is 3.29. The van der Waals surface area contributed by atoms with Crippen LogP contribution in [0.5, 0.6) is 0 Å². The third-order valence-electron chi connectivity index (χ3n) is 4.20. The van der Waals surface area contributed by atoms with Gasteiger partial charge in [-0.15, -0.1) is 0 Å². The van der Waals surface area contributed by atoms with Gasteiger partial charge in [0.2, 0.25) is 0 Å². The van der Waals surface area contributed by atoms with Crippen LogP contribution in [0.25, 0.3) is 0 Å². The number of hydrogen-bond donors (Lipinski definition) is 1. The fourth-order valence-corrected chi connectivity index (χ4v) is 3.29. The Morgan fingerprint density at radius 2 is 1.95 bits per heavy atom. The van der Waals surface area contributed by atoms with Gasteiger partial charge in [0.25, 0.3) is 0 Å². The molecular formula is C14H24F3NO2. The van der Waals surface area contributed by atoms with Crippen LogP contribution in [0.1, 0.15) is 46.0 Å². The number of halogens is 3. The molecule has 0 radical (unpaired) electrons. The third-order valence-corrected chi connectivity index (χ3v) is 4.20. The van der Waals surface area contributed by atoms with Crippen LogP contribution in [-0.4, -0.2) is 41.3 Å². The molecule has 1 saturated carbocycles. The Morgan fingerprint density at radius 1 is 1.30 bits per heavy atom. The van der Waals surface area contributed by atoms with Gasteiger partial charge >= 0.3 is 12.1 Å². The Bertz CT molecular complexity index is 320. The normalized spacial score (nSPS) is 27.8. The monoisotopic (exact) mass is 295 g/mol. The van der Waals surface area contributed by atoms with Crippen LogP contribution in [0.2, 0.25) is 0 Å². The molecular weight excluding hydrogens is 271 g/mol. The molecule has 0 saturated heterocycles. The van der Waals surface area contributed by atoms with Crippen LogP contribution in [0.4, 0.5) is 13.2 Å². The predicted molar refractivity (Wildman–Crippen MR) is 70.5 cm³/mol. The van der Waals surface area contributed by atoms with Gasteiger partial charge in [0.05, 0.1) is 12.5 Å². The molecule has 0 aliphatic heterocycles. The smallest absolute Gasteiger partial charge is 0.401 e. The van der Waals surface area contributed by atoms with Crippen LogP contribution in [-0.2, 0) is 4.79 Å². The average molecular weight is 295 g/mol. The maximum atomic E-state index is 12.6. The minimum atomic E-state index is -4.28. The lowest BCUT2D eigenvalue weighted by molar-refractivity contribution is -0.163. The molecule has 118 valence electrons. The summed E-state index contributed by atoms with van der Waals surface area (Å²) >= 11 is 0. The topological polar surface area (TPSA) is 40.5 Å². The Balaban J connectivity index is 2.83. The van der Waals surface area contributed by atoms with Gasteiger partial charge in [0.15, 0.2) is 0 Å². The Hall–Kier alpha value is -0.780. The summed E-state index contributed by atoms with van der Waals surface area (Å²) in [5.41, 5.74) is 0. The van der Waals surface area contributed by atoms with Crippen LogP contribution in [0.15, 0.2) is 0 Å². The highest BCUT2D eigenvalue weighted by molar-refractivity contribution is 5.71. The summed E-state index contributed by atoms with van der Waals surface area (Å²) in [7, 11) is 0. The van der Waals surface area contributed by atoms with Crippen molar-refractivity contribution >= 4 is 5.97 Å². The minimum Gasteiger partial charge on any atom is -0.481 e. The minimum absolute atomic E-state index is 0.229. The molecule has 6 heteroatoms. The Labute approximate surface area is 118 Å². The van der Waals surface area contributed by atoms with Crippen molar-refractivity contribution in [2.75, 3.05) is 13.1 Å². The molecule has 0 aromatic heterocycles. The van der Waals surface area contributed by atoms with Gasteiger partial charge in [-0.2, -0.15) is 13.2 Å². The second-order valence-electron chi connectivity index (χ2n) is 5.66. The zero-order chi connectivity index (χ0) is 15.3. The van der Waals surface area contributed by atoms with Crippen molar-refractivity contribution in [2.24, 2.45) is 11.8 Å². The lowest BCUT2D eigenvalue weighted by atomic mass is 9.76. The summed E-state index contributed by atoms with van der Waals surface area (Å²) in [6.07, 6.45) is -0.470. The molecule has 0 spiro atoms. The highest BCUT2D eigenvalue weighted by Crippen LogP contribution is 2.36. The number of hydrogen-bond acceptors (Lipinski definition) is 2. The van der Waals surface area contributed by atoms with E-state index in [-0.39, 0.29) is 6.54 Å². The van der Waals surface area contributed by atoms with Crippen molar-refractivity contribution in [3.8, 4) is 0 Å². The third kappa shape index (κ3) is 4.96. The van der Waals surface area contributed by atoms with E-state index >= 15 is 0 Å². The van der Waals surface area contributed by atoms with E-state index in [9.17, 15) is 23.1 Å². The summed E-state index contributed by atoms with van der Waals surface area (Å²) in [4.78, 5) is 12.6. The van der Waals surface area contributed by atoms with Gasteiger partial charge in [-0.05, 0) is 31.7 Å². The fraction of sp³-hybridized carbons (Fsp3) is 0.929. The zero-order valence-electron chi connectivity index (χ0n) is 12.1. The molecule has 1 fully saturated rings. The van der Waals surface area contributed by atoms with Gasteiger partial charge in [0, 0.05) is 6.04 Å². The summed E-state index contributed by atoms with van der Waals surface area (Å²) < 4.78 is 37.9. The van der Waals surface area contributed by atoms with E-state index in [1.165, 1.54) is 4.90 Å². The Kier molecular flexibility index (Phi) is 6.30. The standard InChI is InChI=1S/C14H24F3NO2/c1-3-5-10-6-7-11(13(19)20)12(8-10)18(4-2)9-14(15,16)17/h10-12H,3-9H2,1-2H3,(H,19,20). The van der Waals surface area contributed by atoms with Gasteiger partial charge in [0.1, 0.15) is 0 Å². The molecule has 1 aliphatic carbocycles. The number of alkyl halides is 3. The van der Waals surface area contributed by atoms with Crippen molar-refractivity contribution < 1.29 is 23.1 Å². The summed E-state index contributed by atoms with van der Waals surface area (Å²) in [6.45, 7) is 2.92. The molecule has 1 aliphatic rings. The average Bonchev–Trinajstić information content (AvgIpc) is 2.35. The first-order valence-electron chi connectivity index (χ1n) is 7.32. The molecule has 0 heterocycles. The molecule has 1 N–H and O–H groups in total. The van der Waals surface area contributed by atoms with E-state index < -0.39 is 30.7 Å². The first kappa shape index (κ1) is 17.3. The number of carboxylic acids is 1. The molecule has 20 heavy (non-hydrogen) atoms. The molecule has 0 aromatic rings. The zero-order valence-corrected chi connectivity index (χ0v) is 12.1. The van der Waals surface area contributed by atoms with Crippen LogP contribution < -0.4 is 0 Å². The Morgan fingerprint density at radius 3 is 2.40 bits per heavy atom. The maximum Gasteiger partial charge on any atom is 0.401 e. The highest BCUT2D eigenvalue weighted by Gasteiger charge is 2.41. The van der Waals surface area contributed by atoms with Crippen LogP contribution in [0, 0.1) is 11.8 Å². The maximum absolute atomic E-state index is 12.6. The van der Waals surface area contributed by atoms with E-state index in [0.717, 1.165) is 19.3 Å². The second kappa shape index (κ2) is 7.29. The van der Waals surface area contributed by atoms with E-state index in [2.05, 4.69) is 0 Å². The molecule has 3 atom stereocenters. The molecule has 1 rings (SSSR count). The van der Waals surface area contributed by atoms with E-state index in [1.54, 1.807) is 6.92 Å². The van der Waals surface area contributed by atoms with E-state index in [0.29, 0.717) is 18.8 Å². The second-order valence-corrected chi connectivity index (χ2v) is 5.66.